The van der Waals surface area contributed by atoms with Gasteiger partial charge in [-0.25, -0.2) is 0 Å². The van der Waals surface area contributed by atoms with Gasteiger partial charge >= 0.3 is 0 Å². The second-order valence-corrected chi connectivity index (χ2v) is 7.92. The van der Waals surface area contributed by atoms with Crippen LogP contribution in [0, 0.1) is 0 Å². The lowest BCUT2D eigenvalue weighted by molar-refractivity contribution is -0.115. The first-order valence-corrected chi connectivity index (χ1v) is 11.2. The molecule has 31 heavy (non-hydrogen) atoms. The van der Waals surface area contributed by atoms with Crippen molar-refractivity contribution in [2.45, 2.75) is 32.0 Å². The summed E-state index contributed by atoms with van der Waals surface area (Å²) in [6.45, 7) is 5.04. The summed E-state index contributed by atoms with van der Waals surface area (Å²) in [6, 6.07) is 14.0. The molecular formula is C22H23ClN4O3S. The van der Waals surface area contributed by atoms with Crippen molar-refractivity contribution < 1.29 is 14.3 Å². The average molecular weight is 459 g/mol. The summed E-state index contributed by atoms with van der Waals surface area (Å²) < 4.78 is 7.25. The molecule has 1 amide bonds. The highest BCUT2D eigenvalue weighted by Gasteiger charge is 2.16. The maximum atomic E-state index is 12.5. The van der Waals surface area contributed by atoms with Crippen molar-refractivity contribution in [1.82, 2.24) is 14.8 Å². The molecule has 0 unspecified atom stereocenters. The van der Waals surface area contributed by atoms with Crippen LogP contribution in [-0.2, 0) is 17.8 Å². The third kappa shape index (κ3) is 6.32. The third-order valence-corrected chi connectivity index (χ3v) is 5.59. The number of rotatable bonds is 10. The minimum absolute atomic E-state index is 0.0258. The lowest BCUT2D eigenvalue weighted by Gasteiger charge is -2.09. The molecule has 1 heterocycles. The van der Waals surface area contributed by atoms with Gasteiger partial charge in [-0.3, -0.25) is 9.59 Å². The molecule has 7 nitrogen and oxygen atoms in total. The van der Waals surface area contributed by atoms with Crippen LogP contribution in [-0.4, -0.2) is 38.8 Å². The van der Waals surface area contributed by atoms with E-state index in [2.05, 4.69) is 15.5 Å². The molecule has 0 aliphatic rings. The number of benzene rings is 2. The SMILES string of the molecule is CCOc1ccc(NC(=O)Cc2nnc(SCC(=O)c3ccc(Cl)cc3)n2CC)cc1. The molecule has 1 aromatic heterocycles. The van der Waals surface area contributed by atoms with Crippen molar-refractivity contribution in [3.05, 3.63) is 64.9 Å². The fourth-order valence-corrected chi connectivity index (χ4v) is 3.92. The van der Waals surface area contributed by atoms with Gasteiger partial charge in [-0.15, -0.1) is 10.2 Å². The van der Waals surface area contributed by atoms with Gasteiger partial charge in [0.05, 0.1) is 18.8 Å². The Morgan fingerprint density at radius 3 is 2.42 bits per heavy atom. The molecule has 3 rings (SSSR count). The number of hydrogen-bond donors (Lipinski definition) is 1. The minimum Gasteiger partial charge on any atom is -0.494 e. The number of carbonyl (C=O) groups is 2. The molecule has 0 radical (unpaired) electrons. The Kier molecular flexibility index (Phi) is 8.08. The molecule has 0 bridgehead atoms. The first-order valence-electron chi connectivity index (χ1n) is 9.86. The number of thioether (sulfide) groups is 1. The number of anilines is 1. The van der Waals surface area contributed by atoms with Crippen LogP contribution >= 0.6 is 23.4 Å². The molecule has 0 atom stereocenters. The van der Waals surface area contributed by atoms with E-state index in [9.17, 15) is 9.59 Å². The van der Waals surface area contributed by atoms with Crippen molar-refractivity contribution in [2.75, 3.05) is 17.7 Å². The summed E-state index contributed by atoms with van der Waals surface area (Å²) in [7, 11) is 0. The second-order valence-electron chi connectivity index (χ2n) is 6.54. The molecule has 162 valence electrons. The molecule has 0 fully saturated rings. The normalized spacial score (nSPS) is 10.7. The summed E-state index contributed by atoms with van der Waals surface area (Å²) in [5.41, 5.74) is 1.27. The predicted octanol–water partition coefficient (Wildman–Crippen LogP) is 4.51. The van der Waals surface area contributed by atoms with Crippen LogP contribution in [0.2, 0.25) is 5.02 Å². The molecule has 2 aromatic carbocycles. The van der Waals surface area contributed by atoms with Crippen molar-refractivity contribution in [1.29, 1.82) is 0 Å². The summed E-state index contributed by atoms with van der Waals surface area (Å²) in [5.74, 6) is 1.30. The third-order valence-electron chi connectivity index (χ3n) is 4.38. The highest BCUT2D eigenvalue weighted by molar-refractivity contribution is 7.99. The van der Waals surface area contributed by atoms with E-state index in [0.717, 1.165) is 5.75 Å². The number of halogens is 1. The Hall–Kier alpha value is -2.84. The molecule has 0 aliphatic carbocycles. The zero-order valence-electron chi connectivity index (χ0n) is 17.3. The van der Waals surface area contributed by atoms with E-state index < -0.39 is 0 Å². The van der Waals surface area contributed by atoms with Gasteiger partial charge < -0.3 is 14.6 Å². The minimum atomic E-state index is -0.194. The standard InChI is InChI=1S/C22H23ClN4O3S/c1-3-27-20(13-21(29)24-17-9-11-18(12-10-17)30-4-2)25-26-22(27)31-14-19(28)15-5-7-16(23)8-6-15/h5-12H,3-4,13-14H2,1-2H3,(H,24,29). The van der Waals surface area contributed by atoms with Crippen LogP contribution in [0.3, 0.4) is 0 Å². The van der Waals surface area contributed by atoms with E-state index in [-0.39, 0.29) is 23.9 Å². The molecule has 3 aromatic rings. The van der Waals surface area contributed by atoms with Gasteiger partial charge in [0.1, 0.15) is 11.6 Å². The Balaban J connectivity index is 1.59. The van der Waals surface area contributed by atoms with Crippen LogP contribution in [0.15, 0.2) is 53.7 Å². The Labute approximate surface area is 190 Å². The van der Waals surface area contributed by atoms with Crippen molar-refractivity contribution >= 4 is 40.7 Å². The highest BCUT2D eigenvalue weighted by atomic mass is 35.5. The van der Waals surface area contributed by atoms with Crippen molar-refractivity contribution in [3.63, 3.8) is 0 Å². The molecule has 0 aliphatic heterocycles. The zero-order chi connectivity index (χ0) is 22.2. The first kappa shape index (κ1) is 22.8. The number of amides is 1. The van der Waals surface area contributed by atoms with E-state index in [1.165, 1.54) is 11.8 Å². The summed E-state index contributed by atoms with van der Waals surface area (Å²) >= 11 is 7.17. The van der Waals surface area contributed by atoms with E-state index in [0.29, 0.717) is 40.4 Å². The summed E-state index contributed by atoms with van der Waals surface area (Å²) in [5, 5.41) is 12.4. The molecule has 0 saturated carbocycles. The van der Waals surface area contributed by atoms with Crippen molar-refractivity contribution in [2.24, 2.45) is 0 Å². The number of Topliss-reactive ketones (excluding diaryl/α,β-unsaturated/α-hetero) is 1. The predicted molar refractivity (Wildman–Crippen MR) is 122 cm³/mol. The smallest absolute Gasteiger partial charge is 0.232 e. The number of nitrogens with one attached hydrogen (secondary N) is 1. The van der Waals surface area contributed by atoms with E-state index in [4.69, 9.17) is 16.3 Å². The van der Waals surface area contributed by atoms with Crippen molar-refractivity contribution in [3.8, 4) is 5.75 Å². The Bertz CT molecular complexity index is 1040. The zero-order valence-corrected chi connectivity index (χ0v) is 18.9. The van der Waals surface area contributed by atoms with Gasteiger partial charge in [0.25, 0.3) is 0 Å². The number of nitrogens with zero attached hydrogens (tertiary/aromatic N) is 3. The fraction of sp³-hybridized carbons (Fsp3) is 0.273. The van der Waals surface area contributed by atoms with Gasteiger partial charge in [-0.2, -0.15) is 0 Å². The van der Waals surface area contributed by atoms with Gasteiger partial charge in [-0.05, 0) is 62.4 Å². The Morgan fingerprint density at radius 1 is 1.06 bits per heavy atom. The number of ketones is 1. The van der Waals surface area contributed by atoms with E-state index in [1.54, 1.807) is 48.5 Å². The molecular weight excluding hydrogens is 436 g/mol. The van der Waals surface area contributed by atoms with Gasteiger partial charge in [-0.1, -0.05) is 23.4 Å². The van der Waals surface area contributed by atoms with Crippen LogP contribution in [0.5, 0.6) is 5.75 Å². The van der Waals surface area contributed by atoms with Crippen LogP contribution in [0.25, 0.3) is 0 Å². The molecule has 1 N–H and O–H groups in total. The van der Waals surface area contributed by atoms with E-state index >= 15 is 0 Å². The lowest BCUT2D eigenvalue weighted by Crippen LogP contribution is -2.17. The topological polar surface area (TPSA) is 86.1 Å². The number of hydrogen-bond acceptors (Lipinski definition) is 6. The van der Waals surface area contributed by atoms with Crippen LogP contribution < -0.4 is 10.1 Å². The quantitative estimate of drug-likeness (QED) is 0.355. The average Bonchev–Trinajstić information content (AvgIpc) is 3.15. The fourth-order valence-electron chi connectivity index (χ4n) is 2.87. The largest absolute Gasteiger partial charge is 0.494 e. The highest BCUT2D eigenvalue weighted by Crippen LogP contribution is 2.20. The van der Waals surface area contributed by atoms with Crippen LogP contribution in [0.1, 0.15) is 30.0 Å². The van der Waals surface area contributed by atoms with Gasteiger partial charge in [0.15, 0.2) is 10.9 Å². The number of ether oxygens (including phenoxy) is 1. The molecule has 0 saturated heterocycles. The second kappa shape index (κ2) is 11.0. The summed E-state index contributed by atoms with van der Waals surface area (Å²) in [6.07, 6.45) is 0.0831. The number of aromatic nitrogens is 3. The maximum Gasteiger partial charge on any atom is 0.232 e. The Morgan fingerprint density at radius 2 is 1.77 bits per heavy atom. The van der Waals surface area contributed by atoms with E-state index in [1.807, 2.05) is 18.4 Å². The maximum absolute atomic E-state index is 12.5. The number of carbonyl (C=O) groups excluding carboxylic acids is 2. The lowest BCUT2D eigenvalue weighted by atomic mass is 10.1. The van der Waals surface area contributed by atoms with Gasteiger partial charge in [0, 0.05) is 22.8 Å². The van der Waals surface area contributed by atoms with Gasteiger partial charge in [0.2, 0.25) is 5.91 Å². The first-order chi connectivity index (χ1) is 15.0. The monoisotopic (exact) mass is 458 g/mol. The van der Waals surface area contributed by atoms with Crippen LogP contribution in [0.4, 0.5) is 5.69 Å². The molecule has 0 spiro atoms. The molecule has 9 heteroatoms. The summed E-state index contributed by atoms with van der Waals surface area (Å²) in [4.78, 5) is 24.8.